The van der Waals surface area contributed by atoms with Crippen molar-refractivity contribution in [2.45, 2.75) is 0 Å². The number of nitrogen functional groups attached to an aromatic ring is 2. The summed E-state index contributed by atoms with van der Waals surface area (Å²) in [6.07, 6.45) is 2.91. The van der Waals surface area contributed by atoms with Crippen LogP contribution >= 0.6 is 11.6 Å². The number of nitrogens with zero attached hydrogens (tertiary/aromatic N) is 2. The van der Waals surface area contributed by atoms with Crippen molar-refractivity contribution in [2.75, 3.05) is 23.8 Å². The molecule has 6 nitrogen and oxygen atoms in total. The third-order valence-corrected chi connectivity index (χ3v) is 4.67. The van der Waals surface area contributed by atoms with Gasteiger partial charge in [-0.05, 0) is 24.3 Å². The number of aryl methyl sites for hydroxylation is 1. The first-order chi connectivity index (χ1) is 13.7. The molecule has 0 atom stereocenters. The van der Waals surface area contributed by atoms with Crippen molar-refractivity contribution >= 4 is 40.6 Å². The lowest BCUT2D eigenvalue weighted by atomic mass is 10.00. The van der Waals surface area contributed by atoms with Crippen molar-refractivity contribution < 1.29 is 8.78 Å². The maximum Gasteiger partial charge on any atom is 0.261 e. The van der Waals surface area contributed by atoms with Crippen molar-refractivity contribution in [3.8, 4) is 11.1 Å². The van der Waals surface area contributed by atoms with Gasteiger partial charge in [-0.1, -0.05) is 11.6 Å². The summed E-state index contributed by atoms with van der Waals surface area (Å²) in [6, 6.07) is 6.22. The van der Waals surface area contributed by atoms with E-state index in [1.165, 1.54) is 30.0 Å². The minimum atomic E-state index is -0.781. The molecule has 0 aliphatic rings. The van der Waals surface area contributed by atoms with Gasteiger partial charge in [-0.15, -0.1) is 0 Å². The number of hydrogen-bond donors (Lipinski definition) is 3. The van der Waals surface area contributed by atoms with Crippen LogP contribution in [0.3, 0.4) is 0 Å². The molecule has 1 heterocycles. The van der Waals surface area contributed by atoms with E-state index in [9.17, 15) is 13.6 Å². The SMILES string of the molecule is CN=Cc1c(N)c(-c2cc(N)c(Cl)cc2Nc2ccc(F)cc2F)cn(C)c1=O. The Morgan fingerprint density at radius 3 is 2.52 bits per heavy atom. The highest BCUT2D eigenvalue weighted by molar-refractivity contribution is 6.33. The van der Waals surface area contributed by atoms with Gasteiger partial charge in [-0.2, -0.15) is 0 Å². The van der Waals surface area contributed by atoms with Crippen molar-refractivity contribution in [3.05, 3.63) is 69.1 Å². The molecule has 0 unspecified atom stereocenters. The lowest BCUT2D eigenvalue weighted by molar-refractivity contribution is 0.586. The molecule has 3 aromatic rings. The van der Waals surface area contributed by atoms with Crippen molar-refractivity contribution in [2.24, 2.45) is 12.0 Å². The van der Waals surface area contributed by atoms with Crippen LogP contribution in [-0.2, 0) is 7.05 Å². The molecule has 5 N–H and O–H groups in total. The molecule has 0 saturated heterocycles. The van der Waals surface area contributed by atoms with Gasteiger partial charge in [-0.3, -0.25) is 9.79 Å². The number of nitrogens with one attached hydrogen (secondary N) is 1. The van der Waals surface area contributed by atoms with E-state index >= 15 is 0 Å². The van der Waals surface area contributed by atoms with Crippen LogP contribution in [0.25, 0.3) is 11.1 Å². The molecule has 9 heteroatoms. The smallest absolute Gasteiger partial charge is 0.261 e. The number of nitrogens with two attached hydrogens (primary N) is 2. The van der Waals surface area contributed by atoms with E-state index in [2.05, 4.69) is 10.3 Å². The number of hydrogen-bond acceptors (Lipinski definition) is 5. The van der Waals surface area contributed by atoms with E-state index in [1.54, 1.807) is 19.3 Å². The van der Waals surface area contributed by atoms with Crippen LogP contribution in [0.2, 0.25) is 5.02 Å². The summed E-state index contributed by atoms with van der Waals surface area (Å²) in [6.45, 7) is 0. The largest absolute Gasteiger partial charge is 0.398 e. The van der Waals surface area contributed by atoms with E-state index < -0.39 is 11.6 Å². The van der Waals surface area contributed by atoms with E-state index in [0.717, 1.165) is 12.1 Å². The fraction of sp³-hybridized carbons (Fsp3) is 0.100. The van der Waals surface area contributed by atoms with E-state index in [0.29, 0.717) is 16.8 Å². The van der Waals surface area contributed by atoms with Crippen molar-refractivity contribution in [3.63, 3.8) is 0 Å². The number of halogens is 3. The minimum absolute atomic E-state index is 0.0345. The Bertz CT molecular complexity index is 1190. The molecular formula is C20H18ClF2N5O. The monoisotopic (exact) mass is 417 g/mol. The van der Waals surface area contributed by atoms with E-state index in [-0.39, 0.29) is 33.2 Å². The molecule has 0 aliphatic carbocycles. The summed E-state index contributed by atoms with van der Waals surface area (Å²) in [5.41, 5.74) is 13.9. The van der Waals surface area contributed by atoms with Crippen LogP contribution in [0.1, 0.15) is 5.56 Å². The molecule has 0 fully saturated rings. The topological polar surface area (TPSA) is 98.4 Å². The first kappa shape index (κ1) is 20.3. The second-order valence-electron chi connectivity index (χ2n) is 6.34. The zero-order valence-corrected chi connectivity index (χ0v) is 16.4. The third kappa shape index (κ3) is 3.93. The Balaban J connectivity index is 2.25. The lowest BCUT2D eigenvalue weighted by Crippen LogP contribution is -2.23. The second-order valence-corrected chi connectivity index (χ2v) is 6.75. The number of anilines is 4. The quantitative estimate of drug-likeness (QED) is 0.442. The predicted octanol–water partition coefficient (Wildman–Crippen LogP) is 3.94. The van der Waals surface area contributed by atoms with Gasteiger partial charge < -0.3 is 21.4 Å². The van der Waals surface area contributed by atoms with Crippen LogP contribution in [0.15, 0.2) is 46.3 Å². The Hall–Kier alpha value is -3.39. The summed E-state index contributed by atoms with van der Waals surface area (Å²) in [5, 5.41) is 3.12. The fourth-order valence-corrected chi connectivity index (χ4v) is 3.06. The number of aromatic nitrogens is 1. The summed E-state index contributed by atoms with van der Waals surface area (Å²) in [7, 11) is 3.10. The first-order valence-electron chi connectivity index (χ1n) is 8.45. The first-order valence-corrected chi connectivity index (χ1v) is 8.83. The maximum atomic E-state index is 14.2. The highest BCUT2D eigenvalue weighted by atomic mass is 35.5. The van der Waals surface area contributed by atoms with Gasteiger partial charge in [0.15, 0.2) is 0 Å². The average molecular weight is 418 g/mol. The molecule has 0 aliphatic heterocycles. The van der Waals surface area contributed by atoms with Crippen molar-refractivity contribution in [1.29, 1.82) is 0 Å². The Labute approximate surface area is 170 Å². The van der Waals surface area contributed by atoms with Crippen LogP contribution in [0.4, 0.5) is 31.5 Å². The van der Waals surface area contributed by atoms with Crippen LogP contribution in [0, 0.1) is 11.6 Å². The number of rotatable bonds is 4. The lowest BCUT2D eigenvalue weighted by Gasteiger charge is -2.18. The van der Waals surface area contributed by atoms with Gasteiger partial charge in [0.25, 0.3) is 5.56 Å². The van der Waals surface area contributed by atoms with E-state index in [1.807, 2.05) is 0 Å². The zero-order chi connectivity index (χ0) is 21.3. The standard InChI is InChI=1S/C20H18ClF2N5O/c1-26-8-12-19(25)13(9-28(2)20(12)29)11-6-16(24)14(21)7-18(11)27-17-4-3-10(22)5-15(17)23/h3-9,27H,24-25H2,1-2H3. The molecule has 29 heavy (non-hydrogen) atoms. The predicted molar refractivity (Wildman–Crippen MR) is 114 cm³/mol. The molecule has 0 amide bonds. The maximum absolute atomic E-state index is 14.2. The molecule has 1 aromatic heterocycles. The van der Waals surface area contributed by atoms with Gasteiger partial charge in [0.05, 0.1) is 27.6 Å². The summed E-state index contributed by atoms with van der Waals surface area (Å²) in [4.78, 5) is 16.3. The molecular weight excluding hydrogens is 400 g/mol. The number of pyridine rings is 1. The molecule has 3 rings (SSSR count). The normalized spacial score (nSPS) is 11.2. The molecule has 0 saturated carbocycles. The van der Waals surface area contributed by atoms with Gasteiger partial charge in [0.2, 0.25) is 0 Å². The highest BCUT2D eigenvalue weighted by Gasteiger charge is 2.17. The van der Waals surface area contributed by atoms with Crippen molar-refractivity contribution in [1.82, 2.24) is 4.57 Å². The fourth-order valence-electron chi connectivity index (χ4n) is 2.89. The van der Waals surface area contributed by atoms with Gasteiger partial charge in [0.1, 0.15) is 11.6 Å². The Morgan fingerprint density at radius 1 is 1.14 bits per heavy atom. The molecule has 0 radical (unpaired) electrons. The number of aliphatic imine (C=N–C) groups is 1. The molecule has 150 valence electrons. The Morgan fingerprint density at radius 2 is 1.86 bits per heavy atom. The summed E-state index contributed by atoms with van der Waals surface area (Å²) >= 11 is 6.16. The minimum Gasteiger partial charge on any atom is -0.398 e. The van der Waals surface area contributed by atoms with Crippen LogP contribution < -0.4 is 22.3 Å². The van der Waals surface area contributed by atoms with Gasteiger partial charge in [0, 0.05) is 49.4 Å². The zero-order valence-electron chi connectivity index (χ0n) is 15.6. The average Bonchev–Trinajstić information content (AvgIpc) is 2.67. The summed E-state index contributed by atoms with van der Waals surface area (Å²) in [5.74, 6) is -1.48. The summed E-state index contributed by atoms with van der Waals surface area (Å²) < 4.78 is 28.8. The Kier molecular flexibility index (Phi) is 5.56. The van der Waals surface area contributed by atoms with Crippen LogP contribution in [0.5, 0.6) is 0 Å². The van der Waals surface area contributed by atoms with Crippen LogP contribution in [-0.4, -0.2) is 17.8 Å². The van der Waals surface area contributed by atoms with Gasteiger partial charge in [-0.25, -0.2) is 8.78 Å². The molecule has 2 aromatic carbocycles. The van der Waals surface area contributed by atoms with E-state index in [4.69, 9.17) is 23.1 Å². The molecule has 0 spiro atoms. The highest BCUT2D eigenvalue weighted by Crippen LogP contribution is 2.39. The second kappa shape index (κ2) is 7.92. The molecule has 0 bridgehead atoms. The third-order valence-electron chi connectivity index (χ3n) is 4.34. The number of benzene rings is 2. The van der Waals surface area contributed by atoms with Gasteiger partial charge >= 0.3 is 0 Å².